The van der Waals surface area contributed by atoms with Crippen LogP contribution in [-0.2, 0) is 17.9 Å². The predicted octanol–water partition coefficient (Wildman–Crippen LogP) is 2.65. The quantitative estimate of drug-likeness (QED) is 0.533. The van der Waals surface area contributed by atoms with Crippen molar-refractivity contribution in [2.24, 2.45) is 0 Å². The number of hydrogen-bond donors (Lipinski definition) is 2. The SMILES string of the molecule is O=C(Cn1c(=O)oc2ccccc21)NCc1ccc(C(O)c2ccco2)s1. The summed E-state index contributed by atoms with van der Waals surface area (Å²) in [6, 6.07) is 14.0. The van der Waals surface area contributed by atoms with Crippen molar-refractivity contribution in [2.75, 3.05) is 0 Å². The van der Waals surface area contributed by atoms with Gasteiger partial charge in [-0.05, 0) is 36.4 Å². The molecule has 4 rings (SSSR count). The number of furan rings is 1. The van der Waals surface area contributed by atoms with Crippen LogP contribution in [0.5, 0.6) is 0 Å². The number of nitrogens with one attached hydrogen (secondary N) is 1. The minimum absolute atomic E-state index is 0.122. The fourth-order valence-corrected chi connectivity index (χ4v) is 3.72. The number of aliphatic hydroxyl groups excluding tert-OH is 1. The molecule has 1 amide bonds. The molecule has 0 aliphatic carbocycles. The molecule has 0 fully saturated rings. The Morgan fingerprint density at radius 2 is 2.04 bits per heavy atom. The van der Waals surface area contributed by atoms with Gasteiger partial charge in [-0.25, -0.2) is 4.79 Å². The van der Waals surface area contributed by atoms with Crippen LogP contribution in [0.1, 0.15) is 21.6 Å². The Bertz CT molecular complexity index is 1120. The van der Waals surface area contributed by atoms with Gasteiger partial charge in [-0.2, -0.15) is 0 Å². The normalized spacial score (nSPS) is 12.3. The monoisotopic (exact) mass is 384 g/mol. The third kappa shape index (κ3) is 3.57. The summed E-state index contributed by atoms with van der Waals surface area (Å²) in [5, 5.41) is 13.0. The summed E-state index contributed by atoms with van der Waals surface area (Å²) in [6.07, 6.45) is 0.680. The van der Waals surface area contributed by atoms with E-state index in [9.17, 15) is 14.7 Å². The van der Waals surface area contributed by atoms with E-state index in [1.54, 1.807) is 42.5 Å². The number of hydrogen-bond acceptors (Lipinski definition) is 6. The van der Waals surface area contributed by atoms with Crippen LogP contribution in [0.15, 0.2) is 68.4 Å². The second-order valence-electron chi connectivity index (χ2n) is 5.92. The molecule has 1 atom stereocenters. The number of carbonyl (C=O) groups is 1. The Morgan fingerprint density at radius 3 is 2.85 bits per heavy atom. The Balaban J connectivity index is 1.40. The van der Waals surface area contributed by atoms with E-state index in [0.717, 1.165) is 9.75 Å². The van der Waals surface area contributed by atoms with Gasteiger partial charge >= 0.3 is 5.76 Å². The highest BCUT2D eigenvalue weighted by atomic mass is 32.1. The molecule has 1 aromatic carbocycles. The number of nitrogens with zero attached hydrogens (tertiary/aromatic N) is 1. The van der Waals surface area contributed by atoms with Crippen molar-refractivity contribution in [2.45, 2.75) is 19.2 Å². The van der Waals surface area contributed by atoms with E-state index >= 15 is 0 Å². The number of para-hydroxylation sites is 2. The molecule has 27 heavy (non-hydrogen) atoms. The molecule has 0 saturated heterocycles. The number of thiophene rings is 1. The zero-order valence-corrected chi connectivity index (χ0v) is 14.9. The highest BCUT2D eigenvalue weighted by molar-refractivity contribution is 7.12. The second kappa shape index (κ2) is 7.26. The lowest BCUT2D eigenvalue weighted by Gasteiger charge is -2.05. The fourth-order valence-electron chi connectivity index (χ4n) is 2.77. The van der Waals surface area contributed by atoms with E-state index in [-0.39, 0.29) is 12.5 Å². The Hall–Kier alpha value is -3.10. The molecule has 2 N–H and O–H groups in total. The van der Waals surface area contributed by atoms with Crippen LogP contribution >= 0.6 is 11.3 Å². The topological polar surface area (TPSA) is 97.6 Å². The highest BCUT2D eigenvalue weighted by Gasteiger charge is 2.16. The lowest BCUT2D eigenvalue weighted by molar-refractivity contribution is -0.121. The van der Waals surface area contributed by atoms with Gasteiger partial charge in [-0.15, -0.1) is 11.3 Å². The molecule has 138 valence electrons. The first-order valence-electron chi connectivity index (χ1n) is 8.27. The zero-order chi connectivity index (χ0) is 18.8. The first-order chi connectivity index (χ1) is 13.1. The Kier molecular flexibility index (Phi) is 4.66. The fraction of sp³-hybridized carbons (Fsp3) is 0.158. The second-order valence-corrected chi connectivity index (χ2v) is 7.12. The van der Waals surface area contributed by atoms with Crippen molar-refractivity contribution in [1.82, 2.24) is 9.88 Å². The molecule has 8 heteroatoms. The summed E-state index contributed by atoms with van der Waals surface area (Å²) < 4.78 is 11.6. The number of carbonyl (C=O) groups excluding carboxylic acids is 1. The van der Waals surface area contributed by atoms with E-state index < -0.39 is 11.9 Å². The van der Waals surface area contributed by atoms with Crippen molar-refractivity contribution in [1.29, 1.82) is 0 Å². The summed E-state index contributed by atoms with van der Waals surface area (Å²) in [6.45, 7) is 0.183. The van der Waals surface area contributed by atoms with Gasteiger partial charge in [-0.3, -0.25) is 9.36 Å². The van der Waals surface area contributed by atoms with Crippen LogP contribution < -0.4 is 11.1 Å². The van der Waals surface area contributed by atoms with Gasteiger partial charge in [0.25, 0.3) is 0 Å². The number of amides is 1. The third-order valence-electron chi connectivity index (χ3n) is 4.10. The summed E-state index contributed by atoms with van der Waals surface area (Å²) >= 11 is 1.38. The van der Waals surface area contributed by atoms with Crippen LogP contribution in [0.4, 0.5) is 0 Å². The maximum absolute atomic E-state index is 12.2. The van der Waals surface area contributed by atoms with Gasteiger partial charge in [0.1, 0.15) is 18.4 Å². The molecular formula is C19H16N2O5S. The molecule has 0 bridgehead atoms. The van der Waals surface area contributed by atoms with Crippen LogP contribution in [0.3, 0.4) is 0 Å². The maximum Gasteiger partial charge on any atom is 0.420 e. The summed E-state index contributed by atoms with van der Waals surface area (Å²) in [5.41, 5.74) is 1.03. The van der Waals surface area contributed by atoms with E-state index in [1.807, 2.05) is 6.07 Å². The molecule has 0 aliphatic rings. The van der Waals surface area contributed by atoms with Crippen LogP contribution in [-0.4, -0.2) is 15.6 Å². The summed E-state index contributed by atoms with van der Waals surface area (Å²) in [4.78, 5) is 25.8. The molecule has 7 nitrogen and oxygen atoms in total. The minimum Gasteiger partial charge on any atom is -0.466 e. The van der Waals surface area contributed by atoms with Gasteiger partial charge in [0.15, 0.2) is 5.58 Å². The predicted molar refractivity (Wildman–Crippen MR) is 99.4 cm³/mol. The summed E-state index contributed by atoms with van der Waals surface area (Å²) in [5.74, 6) is -0.393. The van der Waals surface area contributed by atoms with Gasteiger partial charge < -0.3 is 19.3 Å². The average molecular weight is 384 g/mol. The molecule has 4 aromatic rings. The first-order valence-corrected chi connectivity index (χ1v) is 9.08. The van der Waals surface area contributed by atoms with Crippen LogP contribution in [0, 0.1) is 0 Å². The highest BCUT2D eigenvalue weighted by Crippen LogP contribution is 2.28. The van der Waals surface area contributed by atoms with E-state index in [1.165, 1.54) is 22.2 Å². The number of rotatable bonds is 6. The lowest BCUT2D eigenvalue weighted by atomic mass is 10.2. The number of benzene rings is 1. The van der Waals surface area contributed by atoms with Crippen molar-refractivity contribution in [3.8, 4) is 0 Å². The molecule has 3 aromatic heterocycles. The van der Waals surface area contributed by atoms with Gasteiger partial charge in [0, 0.05) is 9.75 Å². The molecular weight excluding hydrogens is 368 g/mol. The molecule has 3 heterocycles. The summed E-state index contributed by atoms with van der Waals surface area (Å²) in [7, 11) is 0. The van der Waals surface area contributed by atoms with Crippen molar-refractivity contribution >= 4 is 28.3 Å². The Labute approximate surface area is 157 Å². The molecule has 0 saturated carbocycles. The Morgan fingerprint density at radius 1 is 1.19 bits per heavy atom. The smallest absolute Gasteiger partial charge is 0.420 e. The number of aromatic nitrogens is 1. The van der Waals surface area contributed by atoms with Gasteiger partial charge in [-0.1, -0.05) is 12.1 Å². The largest absolute Gasteiger partial charge is 0.466 e. The van der Waals surface area contributed by atoms with Gasteiger partial charge in [0.2, 0.25) is 5.91 Å². The lowest BCUT2D eigenvalue weighted by Crippen LogP contribution is -2.30. The third-order valence-corrected chi connectivity index (χ3v) is 5.24. The van der Waals surface area contributed by atoms with E-state index in [4.69, 9.17) is 8.83 Å². The number of fused-ring (bicyclic) bond motifs is 1. The number of aliphatic hydroxyl groups is 1. The van der Waals surface area contributed by atoms with Gasteiger partial charge in [0.05, 0.1) is 18.3 Å². The van der Waals surface area contributed by atoms with Crippen molar-refractivity contribution in [3.05, 3.63) is 80.9 Å². The average Bonchev–Trinajstić information content (AvgIpc) is 3.41. The zero-order valence-electron chi connectivity index (χ0n) is 14.1. The molecule has 1 unspecified atom stereocenters. The van der Waals surface area contributed by atoms with Crippen molar-refractivity contribution in [3.63, 3.8) is 0 Å². The molecule has 0 spiro atoms. The maximum atomic E-state index is 12.2. The standard InChI is InChI=1S/C19H16N2O5S/c22-17(11-21-13-4-1-2-5-14(13)26-19(21)24)20-10-12-7-8-16(27-12)18(23)15-6-3-9-25-15/h1-9,18,23H,10-11H2,(H,20,22). The molecule has 0 aliphatic heterocycles. The first kappa shape index (κ1) is 17.3. The van der Waals surface area contributed by atoms with E-state index in [0.29, 0.717) is 23.4 Å². The van der Waals surface area contributed by atoms with Crippen molar-refractivity contribution < 1.29 is 18.7 Å². The molecule has 0 radical (unpaired) electrons. The van der Waals surface area contributed by atoms with Crippen LogP contribution in [0.2, 0.25) is 0 Å². The van der Waals surface area contributed by atoms with Crippen LogP contribution in [0.25, 0.3) is 11.1 Å². The number of oxazole rings is 1. The minimum atomic E-state index is -0.828. The van der Waals surface area contributed by atoms with E-state index in [2.05, 4.69) is 5.32 Å².